The lowest BCUT2D eigenvalue weighted by molar-refractivity contribution is 0.660. The van der Waals surface area contributed by atoms with Gasteiger partial charge in [0.25, 0.3) is 0 Å². The van der Waals surface area contributed by atoms with Gasteiger partial charge in [0.1, 0.15) is 11.2 Å². The molecule has 1 aliphatic rings. The van der Waals surface area contributed by atoms with Crippen molar-refractivity contribution in [3.63, 3.8) is 0 Å². The van der Waals surface area contributed by atoms with Crippen LogP contribution < -0.4 is 4.90 Å². The van der Waals surface area contributed by atoms with Crippen LogP contribution in [0.4, 0.5) is 17.1 Å². The van der Waals surface area contributed by atoms with Crippen LogP contribution in [-0.4, -0.2) is 0 Å². The second kappa shape index (κ2) is 10.6. The molecule has 0 unspecified atom stereocenters. The summed E-state index contributed by atoms with van der Waals surface area (Å²) in [4.78, 5) is 2.43. The van der Waals surface area contributed by atoms with Crippen LogP contribution in [-0.2, 0) is 5.41 Å². The molecule has 0 aliphatic heterocycles. The first kappa shape index (κ1) is 27.5. The van der Waals surface area contributed by atoms with Gasteiger partial charge in [-0.05, 0) is 81.4 Å². The molecule has 47 heavy (non-hydrogen) atoms. The van der Waals surface area contributed by atoms with Crippen LogP contribution >= 0.6 is 0 Å². The van der Waals surface area contributed by atoms with Crippen molar-refractivity contribution in [1.82, 2.24) is 0 Å². The van der Waals surface area contributed by atoms with Gasteiger partial charge in [-0.3, -0.25) is 0 Å². The summed E-state index contributed by atoms with van der Waals surface area (Å²) in [6.45, 7) is 4.70. The van der Waals surface area contributed by atoms with E-state index in [4.69, 9.17) is 4.42 Å². The maximum absolute atomic E-state index is 6.42. The Morgan fingerprint density at radius 3 is 1.96 bits per heavy atom. The minimum absolute atomic E-state index is 0.111. The summed E-state index contributed by atoms with van der Waals surface area (Å²) in [7, 11) is 0. The molecule has 2 nitrogen and oxygen atoms in total. The Morgan fingerprint density at radius 1 is 0.468 bits per heavy atom. The Balaban J connectivity index is 1.36. The Morgan fingerprint density at radius 2 is 1.11 bits per heavy atom. The monoisotopic (exact) mass is 603 g/mol. The summed E-state index contributed by atoms with van der Waals surface area (Å²) in [6.07, 6.45) is 0. The summed E-state index contributed by atoms with van der Waals surface area (Å²) < 4.78 is 6.42. The zero-order chi connectivity index (χ0) is 31.5. The first-order valence-electron chi connectivity index (χ1n) is 16.3. The van der Waals surface area contributed by atoms with Crippen LogP contribution in [0.5, 0.6) is 0 Å². The molecule has 224 valence electrons. The molecule has 0 amide bonds. The molecule has 7 aromatic carbocycles. The van der Waals surface area contributed by atoms with Gasteiger partial charge in [0, 0.05) is 33.1 Å². The SMILES string of the molecule is CC1(C)c2ccccc2-c2ccc(N(c3ccccc3)c3cccc(-c4ccccc4)c3-c3cccc4oc5ccccc5c34)cc21. The average Bonchev–Trinajstić information content (AvgIpc) is 3.61. The smallest absolute Gasteiger partial charge is 0.136 e. The molecule has 0 atom stereocenters. The van der Waals surface area contributed by atoms with Crippen molar-refractivity contribution in [1.29, 1.82) is 0 Å². The van der Waals surface area contributed by atoms with Crippen LogP contribution in [0, 0.1) is 0 Å². The molecule has 1 aliphatic carbocycles. The molecule has 0 fully saturated rings. The summed E-state index contributed by atoms with van der Waals surface area (Å²) in [6, 6.07) is 58.9. The summed E-state index contributed by atoms with van der Waals surface area (Å²) in [5, 5.41) is 2.25. The van der Waals surface area contributed by atoms with Crippen LogP contribution in [0.2, 0.25) is 0 Å². The van der Waals surface area contributed by atoms with E-state index in [0.717, 1.165) is 44.6 Å². The number of rotatable bonds is 5. The maximum atomic E-state index is 6.42. The highest BCUT2D eigenvalue weighted by molar-refractivity contribution is 6.15. The van der Waals surface area contributed by atoms with E-state index in [1.54, 1.807) is 0 Å². The third-order valence-corrected chi connectivity index (χ3v) is 9.88. The van der Waals surface area contributed by atoms with E-state index < -0.39 is 0 Å². The summed E-state index contributed by atoms with van der Waals surface area (Å²) >= 11 is 0. The summed E-state index contributed by atoms with van der Waals surface area (Å²) in [5.41, 5.74) is 15.1. The average molecular weight is 604 g/mol. The molecular weight excluding hydrogens is 571 g/mol. The highest BCUT2D eigenvalue weighted by atomic mass is 16.3. The predicted octanol–water partition coefficient (Wildman–Crippen LogP) is 12.7. The number of furan rings is 1. The minimum atomic E-state index is -0.111. The third-order valence-electron chi connectivity index (χ3n) is 9.88. The van der Waals surface area contributed by atoms with Gasteiger partial charge in [-0.15, -0.1) is 0 Å². The van der Waals surface area contributed by atoms with E-state index in [9.17, 15) is 0 Å². The third kappa shape index (κ3) is 4.26. The molecule has 0 bridgehead atoms. The first-order valence-corrected chi connectivity index (χ1v) is 16.3. The van der Waals surface area contributed by atoms with Crippen molar-refractivity contribution in [3.05, 3.63) is 175 Å². The lowest BCUT2D eigenvalue weighted by Crippen LogP contribution is -2.17. The van der Waals surface area contributed by atoms with Crippen molar-refractivity contribution in [2.45, 2.75) is 19.3 Å². The van der Waals surface area contributed by atoms with Crippen LogP contribution in [0.1, 0.15) is 25.0 Å². The summed E-state index contributed by atoms with van der Waals surface area (Å²) in [5.74, 6) is 0. The fourth-order valence-corrected chi connectivity index (χ4v) is 7.69. The highest BCUT2D eigenvalue weighted by Crippen LogP contribution is 2.52. The van der Waals surface area contributed by atoms with Crippen LogP contribution in [0.3, 0.4) is 0 Å². The Hall–Kier alpha value is -5.86. The minimum Gasteiger partial charge on any atom is -0.456 e. The van der Waals surface area contributed by atoms with Crippen molar-refractivity contribution in [2.24, 2.45) is 0 Å². The van der Waals surface area contributed by atoms with E-state index in [2.05, 4.69) is 176 Å². The highest BCUT2D eigenvalue weighted by Gasteiger charge is 2.36. The molecular formula is C45H33NO. The van der Waals surface area contributed by atoms with E-state index in [1.807, 2.05) is 6.07 Å². The van der Waals surface area contributed by atoms with Gasteiger partial charge in [0.05, 0.1) is 5.69 Å². The number of para-hydroxylation sites is 2. The Bertz CT molecular complexity index is 2440. The van der Waals surface area contributed by atoms with Gasteiger partial charge < -0.3 is 9.32 Å². The van der Waals surface area contributed by atoms with Gasteiger partial charge in [-0.25, -0.2) is 0 Å². The normalized spacial score (nSPS) is 13.1. The van der Waals surface area contributed by atoms with Gasteiger partial charge >= 0.3 is 0 Å². The molecule has 0 radical (unpaired) electrons. The van der Waals surface area contributed by atoms with E-state index in [0.29, 0.717) is 0 Å². The second-order valence-electron chi connectivity index (χ2n) is 12.9. The Labute approximate surface area is 275 Å². The number of hydrogen-bond donors (Lipinski definition) is 0. The van der Waals surface area contributed by atoms with Crippen molar-refractivity contribution < 1.29 is 4.42 Å². The number of hydrogen-bond acceptors (Lipinski definition) is 2. The molecule has 2 heteroatoms. The number of benzene rings is 7. The van der Waals surface area contributed by atoms with Crippen molar-refractivity contribution in [3.8, 4) is 33.4 Å². The maximum Gasteiger partial charge on any atom is 0.136 e. The van der Waals surface area contributed by atoms with Gasteiger partial charge in [-0.2, -0.15) is 0 Å². The molecule has 0 saturated heterocycles. The molecule has 0 N–H and O–H groups in total. The van der Waals surface area contributed by atoms with Crippen LogP contribution in [0.15, 0.2) is 168 Å². The molecule has 0 saturated carbocycles. The topological polar surface area (TPSA) is 16.4 Å². The molecule has 0 spiro atoms. The van der Waals surface area contributed by atoms with Crippen LogP contribution in [0.25, 0.3) is 55.3 Å². The standard InChI is InChI=1S/C45H33NO/c1-45(2)38-23-11-9-19-34(38)35-28-27-32(29-39(35)45)46(31-17-7-4-8-18-31)40-24-13-21-33(30-15-5-3-6-16-30)43(40)37-22-14-26-42-44(37)36-20-10-12-25-41(36)47-42/h3-29H,1-2H3. The van der Waals surface area contributed by atoms with Gasteiger partial charge in [0.2, 0.25) is 0 Å². The molecule has 1 heterocycles. The fourth-order valence-electron chi connectivity index (χ4n) is 7.69. The number of fused-ring (bicyclic) bond motifs is 6. The van der Waals surface area contributed by atoms with E-state index >= 15 is 0 Å². The number of nitrogens with zero attached hydrogens (tertiary/aromatic N) is 1. The van der Waals surface area contributed by atoms with Gasteiger partial charge in [-0.1, -0.05) is 135 Å². The lowest BCUT2D eigenvalue weighted by atomic mass is 9.82. The predicted molar refractivity (Wildman–Crippen MR) is 197 cm³/mol. The van der Waals surface area contributed by atoms with Crippen molar-refractivity contribution >= 4 is 39.0 Å². The first-order chi connectivity index (χ1) is 23.1. The quantitative estimate of drug-likeness (QED) is 0.195. The van der Waals surface area contributed by atoms with Gasteiger partial charge in [0.15, 0.2) is 0 Å². The zero-order valence-electron chi connectivity index (χ0n) is 26.4. The van der Waals surface area contributed by atoms with E-state index in [-0.39, 0.29) is 5.41 Å². The molecule has 9 rings (SSSR count). The number of anilines is 3. The van der Waals surface area contributed by atoms with E-state index in [1.165, 1.54) is 38.9 Å². The lowest BCUT2D eigenvalue weighted by Gasteiger charge is -2.31. The fraction of sp³-hybridized carbons (Fsp3) is 0.0667. The Kier molecular flexibility index (Phi) is 6.20. The van der Waals surface area contributed by atoms with Crippen molar-refractivity contribution in [2.75, 3.05) is 4.90 Å². The largest absolute Gasteiger partial charge is 0.456 e. The second-order valence-corrected chi connectivity index (χ2v) is 12.9. The molecule has 8 aromatic rings. The zero-order valence-corrected chi connectivity index (χ0v) is 26.4. The molecule has 1 aromatic heterocycles.